The molecule has 2 unspecified atom stereocenters. The number of fused-ring (bicyclic) bond motifs is 1. The van der Waals surface area contributed by atoms with Crippen molar-refractivity contribution >= 4 is 0 Å². The van der Waals surface area contributed by atoms with Gasteiger partial charge in [0.2, 0.25) is 0 Å². The fourth-order valence-electron chi connectivity index (χ4n) is 3.20. The normalized spacial score (nSPS) is 30.6. The second-order valence-electron chi connectivity index (χ2n) is 5.94. The molecule has 1 fully saturated rings. The summed E-state index contributed by atoms with van der Waals surface area (Å²) in [5.74, 6) is 1.08. The number of aryl methyl sites for hydroxylation is 1. The third-order valence-electron chi connectivity index (χ3n) is 4.24. The van der Waals surface area contributed by atoms with Crippen LogP contribution >= 0.6 is 0 Å². The number of nitrogens with one attached hydrogen (secondary N) is 1. The van der Waals surface area contributed by atoms with E-state index in [9.17, 15) is 0 Å². The van der Waals surface area contributed by atoms with Gasteiger partial charge in [-0.05, 0) is 33.6 Å². The van der Waals surface area contributed by atoms with Crippen molar-refractivity contribution in [3.8, 4) is 5.75 Å². The molecule has 3 nitrogen and oxygen atoms in total. The lowest BCUT2D eigenvalue weighted by Gasteiger charge is -2.42. The zero-order valence-corrected chi connectivity index (χ0v) is 11.5. The van der Waals surface area contributed by atoms with Crippen molar-refractivity contribution in [1.82, 2.24) is 10.2 Å². The molecule has 18 heavy (non-hydrogen) atoms. The van der Waals surface area contributed by atoms with E-state index in [-0.39, 0.29) is 5.60 Å². The molecule has 1 aromatic rings. The molecule has 3 rings (SSSR count). The average molecular weight is 246 g/mol. The summed E-state index contributed by atoms with van der Waals surface area (Å²) in [7, 11) is 4.33. The molecule has 0 radical (unpaired) electrons. The van der Waals surface area contributed by atoms with Gasteiger partial charge in [-0.15, -0.1) is 0 Å². The van der Waals surface area contributed by atoms with E-state index in [1.165, 1.54) is 11.1 Å². The third kappa shape index (κ3) is 1.91. The molecule has 2 atom stereocenters. The second kappa shape index (κ2) is 4.25. The summed E-state index contributed by atoms with van der Waals surface area (Å²) in [6.45, 7) is 4.19. The molecule has 2 heterocycles. The van der Waals surface area contributed by atoms with E-state index in [4.69, 9.17) is 4.74 Å². The quantitative estimate of drug-likeness (QED) is 0.821. The van der Waals surface area contributed by atoms with Crippen molar-refractivity contribution in [2.75, 3.05) is 27.2 Å². The van der Waals surface area contributed by atoms with Crippen molar-refractivity contribution in [3.63, 3.8) is 0 Å². The van der Waals surface area contributed by atoms with E-state index in [0.717, 1.165) is 31.7 Å². The van der Waals surface area contributed by atoms with Gasteiger partial charge in [0.05, 0.1) is 0 Å². The lowest BCUT2D eigenvalue weighted by molar-refractivity contribution is 0.0289. The van der Waals surface area contributed by atoms with Gasteiger partial charge in [-0.25, -0.2) is 0 Å². The smallest absolute Gasteiger partial charge is 0.125 e. The van der Waals surface area contributed by atoms with Gasteiger partial charge in [-0.2, -0.15) is 0 Å². The lowest BCUT2D eigenvalue weighted by atomic mass is 9.85. The Labute approximate surface area is 109 Å². The third-order valence-corrected chi connectivity index (χ3v) is 4.24. The van der Waals surface area contributed by atoms with Crippen LogP contribution in [0, 0.1) is 6.92 Å². The van der Waals surface area contributed by atoms with Crippen LogP contribution in [0.4, 0.5) is 0 Å². The second-order valence-corrected chi connectivity index (χ2v) is 5.94. The molecule has 3 heteroatoms. The molecule has 98 valence electrons. The highest BCUT2D eigenvalue weighted by Crippen LogP contribution is 2.44. The van der Waals surface area contributed by atoms with Crippen molar-refractivity contribution in [2.24, 2.45) is 0 Å². The first-order valence-corrected chi connectivity index (χ1v) is 6.76. The first-order valence-electron chi connectivity index (χ1n) is 6.76. The van der Waals surface area contributed by atoms with E-state index in [0.29, 0.717) is 6.04 Å². The molecule has 0 amide bonds. The monoisotopic (exact) mass is 246 g/mol. The standard InChI is InChI=1S/C15H22N2O/c1-11-4-5-14-12(8-11)13(17(2)3)9-15(18-14)6-7-16-10-15/h4-5,8,13,16H,6-7,9-10H2,1-3H3. The van der Waals surface area contributed by atoms with Crippen LogP contribution in [0.25, 0.3) is 0 Å². The Morgan fingerprint density at radius 2 is 2.22 bits per heavy atom. The van der Waals surface area contributed by atoms with Crippen molar-refractivity contribution in [2.45, 2.75) is 31.4 Å². The largest absolute Gasteiger partial charge is 0.485 e. The maximum Gasteiger partial charge on any atom is 0.125 e. The van der Waals surface area contributed by atoms with Gasteiger partial charge in [0.1, 0.15) is 11.4 Å². The highest BCUT2D eigenvalue weighted by Gasteiger charge is 2.43. The van der Waals surface area contributed by atoms with Gasteiger partial charge in [0.15, 0.2) is 0 Å². The van der Waals surface area contributed by atoms with Crippen LogP contribution in [0.1, 0.15) is 30.0 Å². The summed E-state index contributed by atoms with van der Waals surface area (Å²) in [6.07, 6.45) is 2.20. The minimum Gasteiger partial charge on any atom is -0.485 e. The van der Waals surface area contributed by atoms with Crippen LogP contribution in [0.5, 0.6) is 5.75 Å². The first-order chi connectivity index (χ1) is 8.60. The molecule has 1 aromatic carbocycles. The number of rotatable bonds is 1. The molecular weight excluding hydrogens is 224 g/mol. The number of benzene rings is 1. The van der Waals surface area contributed by atoms with Crippen molar-refractivity contribution in [3.05, 3.63) is 29.3 Å². The zero-order valence-electron chi connectivity index (χ0n) is 11.5. The molecule has 2 aliphatic heterocycles. The highest BCUT2D eigenvalue weighted by atomic mass is 16.5. The van der Waals surface area contributed by atoms with Crippen LogP contribution in [0.3, 0.4) is 0 Å². The topological polar surface area (TPSA) is 24.5 Å². The molecule has 1 N–H and O–H groups in total. The molecular formula is C15H22N2O. The van der Waals surface area contributed by atoms with Crippen LogP contribution in [0.15, 0.2) is 18.2 Å². The predicted octanol–water partition coefficient (Wildman–Crippen LogP) is 2.11. The molecule has 1 saturated heterocycles. The summed E-state index contributed by atoms with van der Waals surface area (Å²) in [5.41, 5.74) is 2.67. The Bertz CT molecular complexity index is 450. The fraction of sp³-hybridized carbons (Fsp3) is 0.600. The number of ether oxygens (including phenoxy) is 1. The zero-order chi connectivity index (χ0) is 12.8. The summed E-state index contributed by atoms with van der Waals surface area (Å²) >= 11 is 0. The maximum absolute atomic E-state index is 6.33. The minimum atomic E-state index is 0.0111. The molecule has 0 aromatic heterocycles. The lowest BCUT2D eigenvalue weighted by Crippen LogP contribution is -2.45. The Morgan fingerprint density at radius 1 is 1.39 bits per heavy atom. The number of hydrogen-bond donors (Lipinski definition) is 1. The molecule has 0 bridgehead atoms. The van der Waals surface area contributed by atoms with E-state index in [1.54, 1.807) is 0 Å². The van der Waals surface area contributed by atoms with E-state index in [1.807, 2.05) is 0 Å². The number of hydrogen-bond acceptors (Lipinski definition) is 3. The Balaban J connectivity index is 2.02. The molecule has 0 saturated carbocycles. The van der Waals surface area contributed by atoms with Gasteiger partial charge in [0, 0.05) is 31.0 Å². The van der Waals surface area contributed by atoms with Crippen LogP contribution in [-0.4, -0.2) is 37.7 Å². The fourth-order valence-corrected chi connectivity index (χ4v) is 3.20. The SMILES string of the molecule is Cc1ccc2c(c1)C(N(C)C)CC1(CCNC1)O2. The van der Waals surface area contributed by atoms with E-state index < -0.39 is 0 Å². The van der Waals surface area contributed by atoms with Gasteiger partial charge >= 0.3 is 0 Å². The van der Waals surface area contributed by atoms with Crippen LogP contribution in [0.2, 0.25) is 0 Å². The Kier molecular flexibility index (Phi) is 2.83. The Morgan fingerprint density at radius 3 is 2.89 bits per heavy atom. The van der Waals surface area contributed by atoms with E-state index in [2.05, 4.69) is 49.4 Å². The summed E-state index contributed by atoms with van der Waals surface area (Å²) in [4.78, 5) is 2.32. The van der Waals surface area contributed by atoms with Crippen LogP contribution in [-0.2, 0) is 0 Å². The summed E-state index contributed by atoms with van der Waals surface area (Å²) in [6, 6.07) is 7.02. The van der Waals surface area contributed by atoms with Crippen molar-refractivity contribution in [1.29, 1.82) is 0 Å². The molecule has 2 aliphatic rings. The maximum atomic E-state index is 6.33. The van der Waals surface area contributed by atoms with Gasteiger partial charge in [-0.1, -0.05) is 17.7 Å². The molecule has 0 aliphatic carbocycles. The Hall–Kier alpha value is -1.06. The minimum absolute atomic E-state index is 0.0111. The summed E-state index contributed by atoms with van der Waals surface area (Å²) < 4.78 is 6.33. The molecule has 1 spiro atoms. The van der Waals surface area contributed by atoms with E-state index >= 15 is 0 Å². The first kappa shape index (κ1) is 12.0. The van der Waals surface area contributed by atoms with Crippen molar-refractivity contribution < 1.29 is 4.74 Å². The van der Waals surface area contributed by atoms with Crippen LogP contribution < -0.4 is 10.1 Å². The predicted molar refractivity (Wildman–Crippen MR) is 73.1 cm³/mol. The average Bonchev–Trinajstić information content (AvgIpc) is 2.77. The van der Waals surface area contributed by atoms with Gasteiger partial charge in [0.25, 0.3) is 0 Å². The summed E-state index contributed by atoms with van der Waals surface area (Å²) in [5, 5.41) is 3.44. The number of nitrogens with zero attached hydrogens (tertiary/aromatic N) is 1. The highest BCUT2D eigenvalue weighted by molar-refractivity contribution is 5.42. The van der Waals surface area contributed by atoms with Gasteiger partial charge < -0.3 is 15.0 Å². The van der Waals surface area contributed by atoms with Gasteiger partial charge in [-0.3, -0.25) is 0 Å².